The van der Waals surface area contributed by atoms with Crippen molar-refractivity contribution in [2.45, 2.75) is 6.42 Å². The van der Waals surface area contributed by atoms with Crippen molar-refractivity contribution in [2.24, 2.45) is 0 Å². The zero-order valence-corrected chi connectivity index (χ0v) is 17.3. The number of ether oxygens (including phenoxy) is 3. The first kappa shape index (κ1) is 20.2. The zero-order valence-electron chi connectivity index (χ0n) is 14.8. The van der Waals surface area contributed by atoms with E-state index in [0.717, 1.165) is 16.2 Å². The van der Waals surface area contributed by atoms with Crippen LogP contribution in [0.25, 0.3) is 19.5 Å². The molecule has 1 N–H and O–H groups in total. The zero-order chi connectivity index (χ0) is 19.1. The maximum absolute atomic E-state index is 11.0. The van der Waals surface area contributed by atoms with Crippen LogP contribution in [0.15, 0.2) is 36.4 Å². The van der Waals surface area contributed by atoms with Crippen LogP contribution in [0, 0.1) is 0 Å². The second-order valence-electron chi connectivity index (χ2n) is 5.58. The smallest absolute Gasteiger partial charge is 0.345 e. The van der Waals surface area contributed by atoms with Gasteiger partial charge in [-0.3, -0.25) is 0 Å². The fraction of sp³-hybridized carbons (Fsp3) is 0.316. The Labute approximate surface area is 169 Å². The summed E-state index contributed by atoms with van der Waals surface area (Å²) in [6.45, 7) is 2.02. The molecule has 0 saturated carbocycles. The van der Waals surface area contributed by atoms with Crippen LogP contribution >= 0.6 is 34.0 Å². The monoisotopic (exact) mass is 424 g/mol. The maximum Gasteiger partial charge on any atom is 0.345 e. The van der Waals surface area contributed by atoms with Crippen molar-refractivity contribution in [3.05, 3.63) is 46.2 Å². The third-order valence-corrected chi connectivity index (χ3v) is 7.36. The van der Waals surface area contributed by atoms with E-state index in [0.29, 0.717) is 24.7 Å². The van der Waals surface area contributed by atoms with Crippen molar-refractivity contribution in [1.82, 2.24) is 0 Å². The van der Waals surface area contributed by atoms with Crippen LogP contribution in [-0.4, -0.2) is 44.8 Å². The molecule has 0 atom stereocenters. The van der Waals surface area contributed by atoms with Gasteiger partial charge < -0.3 is 19.3 Å². The number of rotatable bonds is 11. The molecular formula is C19H20O5S3. The van der Waals surface area contributed by atoms with Crippen LogP contribution in [0.2, 0.25) is 0 Å². The molecule has 27 heavy (non-hydrogen) atoms. The van der Waals surface area contributed by atoms with Gasteiger partial charge in [-0.2, -0.15) is 0 Å². The minimum Gasteiger partial charge on any atom is -0.477 e. The fourth-order valence-electron chi connectivity index (χ4n) is 2.32. The van der Waals surface area contributed by atoms with Gasteiger partial charge in [0.25, 0.3) is 0 Å². The van der Waals surface area contributed by atoms with Gasteiger partial charge in [0.15, 0.2) is 0 Å². The largest absolute Gasteiger partial charge is 0.477 e. The molecule has 3 rings (SSSR count). The van der Waals surface area contributed by atoms with Crippen molar-refractivity contribution < 1.29 is 24.1 Å². The number of hydrogen-bond donors (Lipinski definition) is 1. The van der Waals surface area contributed by atoms with E-state index in [9.17, 15) is 4.79 Å². The fourth-order valence-corrected chi connectivity index (χ4v) is 5.34. The lowest BCUT2D eigenvalue weighted by atomic mass is 10.3. The number of thiophene rings is 3. The molecule has 0 bridgehead atoms. The number of carboxylic acid groups (broad SMARTS) is 1. The van der Waals surface area contributed by atoms with Crippen LogP contribution in [0.4, 0.5) is 0 Å². The number of carbonyl (C=O) groups is 1. The van der Waals surface area contributed by atoms with Crippen molar-refractivity contribution in [1.29, 1.82) is 0 Å². The molecule has 3 aromatic heterocycles. The molecule has 0 aliphatic carbocycles. The van der Waals surface area contributed by atoms with Gasteiger partial charge in [-0.1, -0.05) is 0 Å². The summed E-state index contributed by atoms with van der Waals surface area (Å²) in [5, 5.41) is 9.07. The van der Waals surface area contributed by atoms with Gasteiger partial charge in [0.05, 0.1) is 19.8 Å². The lowest BCUT2D eigenvalue weighted by molar-refractivity contribution is -0.0646. The quantitative estimate of drug-likeness (QED) is 0.343. The first-order chi connectivity index (χ1) is 13.2. The number of methoxy groups -OCH3 is 1. The van der Waals surface area contributed by atoms with Crippen LogP contribution in [-0.2, 0) is 20.6 Å². The SMILES string of the molecule is COCCOCOCCc1ccc(-c2ccc(-c3ccc(C(=O)O)s3)s2)s1. The van der Waals surface area contributed by atoms with E-state index in [2.05, 4.69) is 24.3 Å². The lowest BCUT2D eigenvalue weighted by Crippen LogP contribution is -2.07. The molecule has 144 valence electrons. The molecule has 0 amide bonds. The normalized spacial score (nSPS) is 11.1. The molecule has 0 aromatic carbocycles. The summed E-state index contributed by atoms with van der Waals surface area (Å²) in [6, 6.07) is 11.9. The van der Waals surface area contributed by atoms with E-state index in [-0.39, 0.29) is 6.79 Å². The number of carboxylic acids is 1. The Balaban J connectivity index is 1.52. The Bertz CT molecular complexity index is 864. The Kier molecular flexibility index (Phi) is 7.57. The molecule has 0 saturated heterocycles. The second kappa shape index (κ2) is 10.1. The first-order valence-electron chi connectivity index (χ1n) is 8.34. The summed E-state index contributed by atoms with van der Waals surface area (Å²) in [7, 11) is 1.64. The molecule has 5 nitrogen and oxygen atoms in total. The van der Waals surface area contributed by atoms with Gasteiger partial charge in [-0.25, -0.2) is 4.79 Å². The topological polar surface area (TPSA) is 65.0 Å². The number of hydrogen-bond acceptors (Lipinski definition) is 7. The summed E-state index contributed by atoms with van der Waals surface area (Å²) in [4.78, 5) is 17.2. The highest BCUT2D eigenvalue weighted by atomic mass is 32.1. The van der Waals surface area contributed by atoms with Crippen molar-refractivity contribution in [3.63, 3.8) is 0 Å². The van der Waals surface area contributed by atoms with Gasteiger partial charge in [-0.05, 0) is 36.4 Å². The molecule has 0 aliphatic rings. The van der Waals surface area contributed by atoms with E-state index in [1.54, 1.807) is 35.8 Å². The Morgan fingerprint density at radius 1 is 0.852 bits per heavy atom. The molecule has 8 heteroatoms. The summed E-state index contributed by atoms with van der Waals surface area (Å²) in [5.41, 5.74) is 0. The summed E-state index contributed by atoms with van der Waals surface area (Å²) >= 11 is 4.74. The predicted molar refractivity (Wildman–Crippen MR) is 110 cm³/mol. The first-order valence-corrected chi connectivity index (χ1v) is 10.8. The van der Waals surface area contributed by atoms with Crippen molar-refractivity contribution in [3.8, 4) is 19.5 Å². The van der Waals surface area contributed by atoms with Gasteiger partial charge in [0.1, 0.15) is 11.7 Å². The molecule has 0 spiro atoms. The summed E-state index contributed by atoms with van der Waals surface area (Å²) in [5.74, 6) is -0.878. The third kappa shape index (κ3) is 5.71. The minimum absolute atomic E-state index is 0.287. The van der Waals surface area contributed by atoms with Crippen molar-refractivity contribution >= 4 is 40.0 Å². The van der Waals surface area contributed by atoms with Crippen LogP contribution < -0.4 is 0 Å². The Morgan fingerprint density at radius 2 is 1.48 bits per heavy atom. The second-order valence-corrected chi connectivity index (χ2v) is 8.91. The van der Waals surface area contributed by atoms with Gasteiger partial charge in [0, 0.05) is 37.9 Å². The molecular weight excluding hydrogens is 404 g/mol. The van der Waals surface area contributed by atoms with Gasteiger partial charge in [-0.15, -0.1) is 34.0 Å². The molecule has 0 fully saturated rings. The van der Waals surface area contributed by atoms with Crippen LogP contribution in [0.5, 0.6) is 0 Å². The summed E-state index contributed by atoms with van der Waals surface area (Å²) < 4.78 is 15.6. The Hall–Kier alpha value is -1.55. The van der Waals surface area contributed by atoms with Gasteiger partial charge in [0.2, 0.25) is 0 Å². The highest BCUT2D eigenvalue weighted by molar-refractivity contribution is 7.26. The highest BCUT2D eigenvalue weighted by Gasteiger charge is 2.12. The molecule has 3 heterocycles. The average Bonchev–Trinajstić information content (AvgIpc) is 3.39. The molecule has 0 unspecified atom stereocenters. The lowest BCUT2D eigenvalue weighted by Gasteiger charge is -2.04. The predicted octanol–water partition coefficient (Wildman–Crippen LogP) is 5.08. The Morgan fingerprint density at radius 3 is 2.19 bits per heavy atom. The van der Waals surface area contributed by atoms with Crippen LogP contribution in [0.3, 0.4) is 0 Å². The molecule has 0 aliphatic heterocycles. The van der Waals surface area contributed by atoms with E-state index >= 15 is 0 Å². The maximum atomic E-state index is 11.0. The van der Waals surface area contributed by atoms with Crippen molar-refractivity contribution in [2.75, 3.05) is 33.7 Å². The van der Waals surface area contributed by atoms with E-state index in [1.165, 1.54) is 26.0 Å². The summed E-state index contributed by atoms with van der Waals surface area (Å²) in [6.07, 6.45) is 0.851. The van der Waals surface area contributed by atoms with Crippen LogP contribution in [0.1, 0.15) is 14.5 Å². The van der Waals surface area contributed by atoms with E-state index in [1.807, 2.05) is 6.07 Å². The highest BCUT2D eigenvalue weighted by Crippen LogP contribution is 2.39. The third-order valence-electron chi connectivity index (χ3n) is 3.66. The van der Waals surface area contributed by atoms with E-state index < -0.39 is 5.97 Å². The molecule has 3 aromatic rings. The standard InChI is InChI=1S/C19H20O5S3/c1-22-10-11-24-12-23-9-8-13-2-3-14(25-13)15-4-5-16(26-15)17-6-7-18(27-17)19(20)21/h2-7H,8-12H2,1H3,(H,20,21). The number of aromatic carboxylic acids is 1. The molecule has 0 radical (unpaired) electrons. The van der Waals surface area contributed by atoms with Gasteiger partial charge >= 0.3 is 5.97 Å². The minimum atomic E-state index is -0.878. The average molecular weight is 425 g/mol. The van der Waals surface area contributed by atoms with E-state index in [4.69, 9.17) is 19.3 Å².